The maximum atomic E-state index is 8.88. The third-order valence-electron chi connectivity index (χ3n) is 0. The van der Waals surface area contributed by atoms with Crippen molar-refractivity contribution >= 4 is 15.6 Å². The van der Waals surface area contributed by atoms with E-state index in [2.05, 4.69) is 0 Å². The Kier molecular flexibility index (Phi) is 16.3. The quantitative estimate of drug-likeness (QED) is 0.304. The first-order valence-corrected chi connectivity index (χ1v) is 4.70. The molecule has 12 heavy (non-hydrogen) atoms. The van der Waals surface area contributed by atoms with Crippen LogP contribution in [-0.4, -0.2) is 29.4 Å². The second kappa shape index (κ2) is 8.47. The molecule has 0 aliphatic carbocycles. The summed E-state index contributed by atoms with van der Waals surface area (Å²) in [6.45, 7) is 0. The Balaban J connectivity index is -0.0000000457. The standard InChI is InChI=1S/CH4.2H3O4P.Tc/c;2*1-5(2,3)4;/h1H4;2*(H3,1,2,3,4);. The summed E-state index contributed by atoms with van der Waals surface area (Å²) in [4.78, 5) is 43.1. The van der Waals surface area contributed by atoms with Crippen molar-refractivity contribution < 1.29 is 58.6 Å². The molecule has 0 aromatic rings. The molecule has 0 unspecified atom stereocenters. The first kappa shape index (κ1) is 23.0. The molecule has 0 bridgehead atoms. The zero-order valence-corrected chi connectivity index (χ0v) is 8.42. The van der Waals surface area contributed by atoms with Gasteiger partial charge in [0.15, 0.2) is 0 Å². The van der Waals surface area contributed by atoms with Crippen molar-refractivity contribution in [2.24, 2.45) is 0 Å². The van der Waals surface area contributed by atoms with Gasteiger partial charge in [0.05, 0.1) is 0 Å². The molecule has 0 saturated heterocycles. The van der Waals surface area contributed by atoms with Gasteiger partial charge in [0, 0.05) is 20.1 Å². The van der Waals surface area contributed by atoms with Crippen molar-refractivity contribution in [2.75, 3.05) is 0 Å². The van der Waals surface area contributed by atoms with Crippen LogP contribution >= 0.6 is 15.6 Å². The van der Waals surface area contributed by atoms with E-state index in [1.807, 2.05) is 0 Å². The maximum absolute atomic E-state index is 8.88. The average Bonchev–Trinajstić information content (AvgIpc) is 1.12. The largest absolute Gasteiger partial charge is 0.466 e. The van der Waals surface area contributed by atoms with Crippen molar-refractivity contribution in [3.63, 3.8) is 0 Å². The summed E-state index contributed by atoms with van der Waals surface area (Å²) in [5.41, 5.74) is 0. The van der Waals surface area contributed by atoms with Gasteiger partial charge >= 0.3 is 15.6 Å². The molecule has 0 amide bonds. The van der Waals surface area contributed by atoms with Gasteiger partial charge < -0.3 is 29.4 Å². The van der Waals surface area contributed by atoms with Crippen LogP contribution in [0, 0.1) is 0 Å². The zero-order valence-electron chi connectivity index (χ0n) is 4.77. The minimum atomic E-state index is -4.64. The van der Waals surface area contributed by atoms with Gasteiger partial charge in [-0.3, -0.25) is 0 Å². The van der Waals surface area contributed by atoms with Crippen molar-refractivity contribution in [3.8, 4) is 0 Å². The van der Waals surface area contributed by atoms with E-state index in [1.54, 1.807) is 0 Å². The van der Waals surface area contributed by atoms with Crippen molar-refractivity contribution in [3.05, 3.63) is 0 Å². The van der Waals surface area contributed by atoms with E-state index in [4.69, 9.17) is 38.5 Å². The van der Waals surface area contributed by atoms with Gasteiger partial charge in [-0.15, -0.1) is 0 Å². The molecule has 0 aromatic heterocycles. The van der Waals surface area contributed by atoms with Crippen molar-refractivity contribution in [1.82, 2.24) is 0 Å². The molecule has 0 aliphatic heterocycles. The topological polar surface area (TPSA) is 156 Å². The fraction of sp³-hybridized carbons (Fsp3) is 1.00. The van der Waals surface area contributed by atoms with Crippen LogP contribution in [0.4, 0.5) is 0 Å². The van der Waals surface area contributed by atoms with E-state index >= 15 is 0 Å². The molecule has 79 valence electrons. The Morgan fingerprint density at radius 1 is 0.667 bits per heavy atom. The van der Waals surface area contributed by atoms with E-state index < -0.39 is 15.6 Å². The second-order valence-corrected chi connectivity index (χ2v) is 3.08. The normalized spacial score (nSPS) is 9.83. The molecule has 0 heterocycles. The van der Waals surface area contributed by atoms with Crippen LogP contribution in [0.15, 0.2) is 0 Å². The van der Waals surface area contributed by atoms with Gasteiger partial charge in [-0.2, -0.15) is 0 Å². The van der Waals surface area contributed by atoms with E-state index in [0.29, 0.717) is 0 Å². The van der Waals surface area contributed by atoms with Crippen LogP contribution in [-0.2, 0) is 29.2 Å². The van der Waals surface area contributed by atoms with Gasteiger partial charge in [-0.05, 0) is 0 Å². The minimum absolute atomic E-state index is 0. The van der Waals surface area contributed by atoms with Crippen molar-refractivity contribution in [1.29, 1.82) is 0 Å². The summed E-state index contributed by atoms with van der Waals surface area (Å²) in [5.74, 6) is 0. The Bertz CT molecular complexity index is 129. The van der Waals surface area contributed by atoms with Crippen LogP contribution in [0.3, 0.4) is 0 Å². The molecule has 11 heteroatoms. The van der Waals surface area contributed by atoms with Gasteiger partial charge in [-0.1, -0.05) is 7.43 Å². The average molecular weight is 310 g/mol. The van der Waals surface area contributed by atoms with Crippen LogP contribution < -0.4 is 0 Å². The monoisotopic (exact) mass is 309 g/mol. The smallest absolute Gasteiger partial charge is 0.303 e. The Morgan fingerprint density at radius 2 is 0.667 bits per heavy atom. The fourth-order valence-corrected chi connectivity index (χ4v) is 0. The van der Waals surface area contributed by atoms with E-state index in [1.165, 1.54) is 0 Å². The third-order valence-corrected chi connectivity index (χ3v) is 0. The Hall–Kier alpha value is 0.869. The minimum Gasteiger partial charge on any atom is -0.303 e. The molecular formula is CH10O8P2Tc. The number of hydrogen-bond donors (Lipinski definition) is 6. The first-order chi connectivity index (χ1) is 4.00. The number of phosphoric acid groups is 2. The Labute approximate surface area is 82.1 Å². The van der Waals surface area contributed by atoms with Crippen LogP contribution in [0.2, 0.25) is 0 Å². The van der Waals surface area contributed by atoms with Crippen molar-refractivity contribution in [2.45, 2.75) is 7.43 Å². The SMILES string of the molecule is C.O=P(O)(O)O.O=P(O)(O)O.[Tc]. The summed E-state index contributed by atoms with van der Waals surface area (Å²) >= 11 is 0. The molecule has 8 nitrogen and oxygen atoms in total. The van der Waals surface area contributed by atoms with Gasteiger partial charge in [0.1, 0.15) is 0 Å². The fourth-order valence-electron chi connectivity index (χ4n) is 0. The third kappa shape index (κ3) is 1400. The van der Waals surface area contributed by atoms with E-state index in [0.717, 1.165) is 0 Å². The van der Waals surface area contributed by atoms with Gasteiger partial charge in [-0.25, -0.2) is 9.13 Å². The molecule has 0 spiro atoms. The molecule has 6 N–H and O–H groups in total. The molecule has 1 radical (unpaired) electrons. The number of hydrogen-bond acceptors (Lipinski definition) is 2. The molecular weight excluding hydrogens is 300 g/mol. The summed E-state index contributed by atoms with van der Waals surface area (Å²) in [7, 11) is -9.28. The molecule has 0 fully saturated rings. The number of rotatable bonds is 0. The zero-order chi connectivity index (χ0) is 9.00. The molecule has 0 saturated carbocycles. The summed E-state index contributed by atoms with van der Waals surface area (Å²) in [5, 5.41) is 0. The summed E-state index contributed by atoms with van der Waals surface area (Å²) in [6.07, 6.45) is 0. The second-order valence-electron chi connectivity index (χ2n) is 1.03. The summed E-state index contributed by atoms with van der Waals surface area (Å²) in [6, 6.07) is 0. The first-order valence-electron chi connectivity index (χ1n) is 1.57. The maximum Gasteiger partial charge on any atom is 0.466 e. The molecule has 0 aromatic carbocycles. The predicted octanol–water partition coefficient (Wildman–Crippen LogP) is -1.22. The molecule has 0 aliphatic rings. The Morgan fingerprint density at radius 3 is 0.667 bits per heavy atom. The predicted molar refractivity (Wildman–Crippen MR) is 35.3 cm³/mol. The van der Waals surface area contributed by atoms with Crippen LogP contribution in [0.1, 0.15) is 7.43 Å². The summed E-state index contributed by atoms with van der Waals surface area (Å²) < 4.78 is 17.8. The van der Waals surface area contributed by atoms with E-state index in [9.17, 15) is 0 Å². The molecule has 0 atom stereocenters. The van der Waals surface area contributed by atoms with Crippen LogP contribution in [0.5, 0.6) is 0 Å². The van der Waals surface area contributed by atoms with Gasteiger partial charge in [0.2, 0.25) is 0 Å². The van der Waals surface area contributed by atoms with Crippen LogP contribution in [0.25, 0.3) is 0 Å². The van der Waals surface area contributed by atoms with E-state index in [-0.39, 0.29) is 27.5 Å². The molecule has 0 rings (SSSR count). The van der Waals surface area contributed by atoms with Gasteiger partial charge in [0.25, 0.3) is 0 Å².